The predicted octanol–water partition coefficient (Wildman–Crippen LogP) is 3.43. The van der Waals surface area contributed by atoms with Crippen molar-refractivity contribution >= 4 is 5.69 Å². The zero-order valence-electron chi connectivity index (χ0n) is 12.0. The monoisotopic (exact) mass is 246 g/mol. The zero-order valence-corrected chi connectivity index (χ0v) is 12.0. The van der Waals surface area contributed by atoms with Gasteiger partial charge in [-0.15, -0.1) is 0 Å². The first-order chi connectivity index (χ1) is 8.57. The molecule has 0 radical (unpaired) electrons. The highest BCUT2D eigenvalue weighted by molar-refractivity contribution is 5.57. The van der Waals surface area contributed by atoms with Gasteiger partial charge in [0.15, 0.2) is 0 Å². The van der Waals surface area contributed by atoms with Crippen LogP contribution in [0.2, 0.25) is 0 Å². The smallest absolute Gasteiger partial charge is 0.0430 e. The maximum atomic E-state index is 6.72. The molecule has 0 bridgehead atoms. The van der Waals surface area contributed by atoms with E-state index in [1.165, 1.54) is 36.1 Å². The highest BCUT2D eigenvalue weighted by Crippen LogP contribution is 2.39. The van der Waals surface area contributed by atoms with Gasteiger partial charge in [0.25, 0.3) is 0 Å². The molecule has 1 saturated carbocycles. The van der Waals surface area contributed by atoms with Crippen molar-refractivity contribution in [2.45, 2.75) is 51.0 Å². The van der Waals surface area contributed by atoms with Crippen LogP contribution in [0.5, 0.6) is 0 Å². The molecule has 2 heteroatoms. The minimum Gasteiger partial charge on any atom is -0.377 e. The Hall–Kier alpha value is -1.02. The Labute approximate surface area is 111 Å². The molecular weight excluding hydrogens is 220 g/mol. The van der Waals surface area contributed by atoms with E-state index in [1.54, 1.807) is 0 Å². The fourth-order valence-electron chi connectivity index (χ4n) is 3.04. The molecule has 0 atom stereocenters. The first-order valence-corrected chi connectivity index (χ1v) is 7.16. The number of nitrogens with two attached hydrogens (primary N) is 1. The second-order valence-electron chi connectivity index (χ2n) is 5.82. The zero-order chi connectivity index (χ0) is 13.2. The second-order valence-corrected chi connectivity index (χ2v) is 5.82. The van der Waals surface area contributed by atoms with Crippen molar-refractivity contribution in [1.29, 1.82) is 0 Å². The quantitative estimate of drug-likeness (QED) is 0.885. The summed E-state index contributed by atoms with van der Waals surface area (Å²) >= 11 is 0. The molecule has 0 heterocycles. The van der Waals surface area contributed by atoms with Crippen LogP contribution in [0.1, 0.15) is 50.2 Å². The number of hydrogen-bond donors (Lipinski definition) is 1. The van der Waals surface area contributed by atoms with Crippen LogP contribution < -0.4 is 10.6 Å². The van der Waals surface area contributed by atoms with Crippen LogP contribution in [0.15, 0.2) is 18.2 Å². The first-order valence-electron chi connectivity index (χ1n) is 7.16. The molecule has 2 nitrogen and oxygen atoms in total. The molecule has 1 aliphatic carbocycles. The number of anilines is 1. The molecule has 2 rings (SSSR count). The third-order valence-corrected chi connectivity index (χ3v) is 4.23. The maximum absolute atomic E-state index is 6.72. The van der Waals surface area contributed by atoms with Crippen molar-refractivity contribution in [3.63, 3.8) is 0 Å². The van der Waals surface area contributed by atoms with Crippen LogP contribution in [-0.2, 0) is 12.0 Å². The molecule has 0 aromatic heterocycles. The molecule has 18 heavy (non-hydrogen) atoms. The molecule has 0 aliphatic heterocycles. The number of aryl methyl sites for hydroxylation is 1. The maximum Gasteiger partial charge on any atom is 0.0430 e. The van der Waals surface area contributed by atoms with Gasteiger partial charge in [-0.05, 0) is 36.5 Å². The molecule has 100 valence electrons. The predicted molar refractivity (Wildman–Crippen MR) is 79.1 cm³/mol. The summed E-state index contributed by atoms with van der Waals surface area (Å²) < 4.78 is 0. The summed E-state index contributed by atoms with van der Waals surface area (Å²) in [5, 5.41) is 0. The van der Waals surface area contributed by atoms with Gasteiger partial charge in [0.05, 0.1) is 0 Å². The number of rotatable bonds is 3. The van der Waals surface area contributed by atoms with Gasteiger partial charge >= 0.3 is 0 Å². The van der Waals surface area contributed by atoms with Crippen LogP contribution in [0.3, 0.4) is 0 Å². The van der Waals surface area contributed by atoms with Gasteiger partial charge in [-0.3, -0.25) is 0 Å². The molecule has 1 fully saturated rings. The Morgan fingerprint density at radius 3 is 2.39 bits per heavy atom. The van der Waals surface area contributed by atoms with E-state index in [1.807, 2.05) is 0 Å². The lowest BCUT2D eigenvalue weighted by atomic mass is 9.76. The molecule has 1 aliphatic rings. The van der Waals surface area contributed by atoms with Gasteiger partial charge < -0.3 is 10.6 Å². The van der Waals surface area contributed by atoms with E-state index in [0.717, 1.165) is 19.3 Å². The molecule has 2 N–H and O–H groups in total. The number of benzene rings is 1. The second kappa shape index (κ2) is 5.31. The highest BCUT2D eigenvalue weighted by atomic mass is 15.1. The average Bonchev–Trinajstić information content (AvgIpc) is 2.38. The van der Waals surface area contributed by atoms with E-state index in [9.17, 15) is 0 Å². The SMILES string of the molecule is CCc1ccc(N(C)C)c(C2(N)CCCCC2)c1. The minimum absolute atomic E-state index is 0.108. The molecule has 1 aromatic rings. The fourth-order valence-corrected chi connectivity index (χ4v) is 3.04. The summed E-state index contributed by atoms with van der Waals surface area (Å²) in [6, 6.07) is 6.79. The lowest BCUT2D eigenvalue weighted by Crippen LogP contribution is -2.39. The van der Waals surface area contributed by atoms with Crippen molar-refractivity contribution in [1.82, 2.24) is 0 Å². The Morgan fingerprint density at radius 1 is 1.17 bits per heavy atom. The number of hydrogen-bond acceptors (Lipinski definition) is 2. The van der Waals surface area contributed by atoms with E-state index in [2.05, 4.69) is 44.1 Å². The summed E-state index contributed by atoms with van der Waals surface area (Å²) in [6.07, 6.45) is 7.20. The molecule has 0 unspecified atom stereocenters. The lowest BCUT2D eigenvalue weighted by Gasteiger charge is -2.37. The Kier molecular flexibility index (Phi) is 3.96. The van der Waals surface area contributed by atoms with Crippen LogP contribution in [-0.4, -0.2) is 14.1 Å². The van der Waals surface area contributed by atoms with Crippen molar-refractivity contribution in [2.24, 2.45) is 5.73 Å². The molecule has 0 saturated heterocycles. The van der Waals surface area contributed by atoms with E-state index in [4.69, 9.17) is 5.73 Å². The first kappa shape index (κ1) is 13.4. The molecule has 0 amide bonds. The van der Waals surface area contributed by atoms with Gasteiger partial charge in [0.1, 0.15) is 0 Å². The summed E-state index contributed by atoms with van der Waals surface area (Å²) in [6.45, 7) is 2.21. The Bertz CT molecular complexity index is 404. The van der Waals surface area contributed by atoms with Crippen LogP contribution in [0.25, 0.3) is 0 Å². The molecular formula is C16H26N2. The Morgan fingerprint density at radius 2 is 1.83 bits per heavy atom. The van der Waals surface area contributed by atoms with Gasteiger partial charge in [-0.1, -0.05) is 38.3 Å². The van der Waals surface area contributed by atoms with Crippen LogP contribution in [0.4, 0.5) is 5.69 Å². The largest absolute Gasteiger partial charge is 0.377 e. The third-order valence-electron chi connectivity index (χ3n) is 4.23. The van der Waals surface area contributed by atoms with Crippen molar-refractivity contribution in [3.05, 3.63) is 29.3 Å². The molecule has 1 aromatic carbocycles. The fraction of sp³-hybridized carbons (Fsp3) is 0.625. The van der Waals surface area contributed by atoms with E-state index in [0.29, 0.717) is 0 Å². The molecule has 0 spiro atoms. The summed E-state index contributed by atoms with van der Waals surface area (Å²) in [4.78, 5) is 2.19. The third kappa shape index (κ3) is 2.54. The van der Waals surface area contributed by atoms with Crippen molar-refractivity contribution in [3.8, 4) is 0 Å². The van der Waals surface area contributed by atoms with E-state index in [-0.39, 0.29) is 5.54 Å². The standard InChI is InChI=1S/C16H26N2/c1-4-13-8-9-15(18(2)3)14(12-13)16(17)10-6-5-7-11-16/h8-9,12H,4-7,10-11,17H2,1-3H3. The van der Waals surface area contributed by atoms with Crippen molar-refractivity contribution < 1.29 is 0 Å². The summed E-state index contributed by atoms with van der Waals surface area (Å²) in [5.41, 5.74) is 10.6. The topological polar surface area (TPSA) is 29.3 Å². The van der Waals surface area contributed by atoms with Crippen LogP contribution >= 0.6 is 0 Å². The van der Waals surface area contributed by atoms with E-state index >= 15 is 0 Å². The van der Waals surface area contributed by atoms with Crippen molar-refractivity contribution in [2.75, 3.05) is 19.0 Å². The van der Waals surface area contributed by atoms with Gasteiger partial charge in [-0.25, -0.2) is 0 Å². The minimum atomic E-state index is -0.108. The highest BCUT2D eigenvalue weighted by Gasteiger charge is 2.32. The summed E-state index contributed by atoms with van der Waals surface area (Å²) in [5.74, 6) is 0. The van der Waals surface area contributed by atoms with Crippen LogP contribution in [0, 0.1) is 0 Å². The van der Waals surface area contributed by atoms with Gasteiger partial charge in [0.2, 0.25) is 0 Å². The van der Waals surface area contributed by atoms with Gasteiger partial charge in [0, 0.05) is 25.3 Å². The Balaban J connectivity index is 2.45. The van der Waals surface area contributed by atoms with E-state index < -0.39 is 0 Å². The lowest BCUT2D eigenvalue weighted by molar-refractivity contribution is 0.302. The van der Waals surface area contributed by atoms with Gasteiger partial charge in [-0.2, -0.15) is 0 Å². The normalized spacial score (nSPS) is 18.7. The summed E-state index contributed by atoms with van der Waals surface area (Å²) in [7, 11) is 4.22. The number of nitrogens with zero attached hydrogens (tertiary/aromatic N) is 1. The average molecular weight is 246 g/mol.